The topological polar surface area (TPSA) is 82.5 Å². The average Bonchev–Trinajstić information content (AvgIpc) is 3.02. The van der Waals surface area contributed by atoms with Gasteiger partial charge in [-0.05, 0) is 43.9 Å². The van der Waals surface area contributed by atoms with E-state index in [0.717, 1.165) is 36.0 Å². The van der Waals surface area contributed by atoms with Gasteiger partial charge < -0.3 is 10.0 Å². The van der Waals surface area contributed by atoms with E-state index >= 15 is 0 Å². The van der Waals surface area contributed by atoms with Gasteiger partial charge in [0, 0.05) is 44.5 Å². The van der Waals surface area contributed by atoms with Gasteiger partial charge in [0.05, 0.1) is 11.4 Å². The molecule has 1 saturated heterocycles. The van der Waals surface area contributed by atoms with E-state index in [0.29, 0.717) is 30.1 Å². The molecule has 0 spiro atoms. The molecule has 3 rings (SSSR count). The lowest BCUT2D eigenvalue weighted by molar-refractivity contribution is 0.0394. The molecule has 1 N–H and O–H groups in total. The molecule has 8 heteroatoms. The van der Waals surface area contributed by atoms with E-state index in [1.807, 2.05) is 36.9 Å². The molecule has 1 atom stereocenters. The highest BCUT2D eigenvalue weighted by atomic mass is 32.1. The van der Waals surface area contributed by atoms with Crippen molar-refractivity contribution < 1.29 is 9.90 Å². The summed E-state index contributed by atoms with van der Waals surface area (Å²) in [6.07, 6.45) is 0.634. The van der Waals surface area contributed by atoms with Crippen LogP contribution in [0.25, 0.3) is 0 Å². The first-order valence-corrected chi connectivity index (χ1v) is 9.21. The van der Waals surface area contributed by atoms with E-state index in [-0.39, 0.29) is 18.6 Å². The lowest BCUT2D eigenvalue weighted by Gasteiger charge is -2.41. The number of pyridine rings is 1. The smallest absolute Gasteiger partial charge is 0.267 e. The molecule has 2 aromatic rings. The number of rotatable bonds is 5. The van der Waals surface area contributed by atoms with Gasteiger partial charge in [-0.2, -0.15) is 0 Å². The Balaban J connectivity index is 1.70. The van der Waals surface area contributed by atoms with Crippen molar-refractivity contribution in [2.75, 3.05) is 26.2 Å². The largest absolute Gasteiger partial charge is 0.396 e. The minimum Gasteiger partial charge on any atom is -0.396 e. The van der Waals surface area contributed by atoms with Crippen molar-refractivity contribution >= 4 is 17.4 Å². The molecule has 134 valence electrons. The van der Waals surface area contributed by atoms with Crippen LogP contribution in [0.3, 0.4) is 0 Å². The summed E-state index contributed by atoms with van der Waals surface area (Å²) in [7, 11) is 0. The Bertz CT molecular complexity index is 735. The molecule has 0 aromatic carbocycles. The summed E-state index contributed by atoms with van der Waals surface area (Å²) in [5.41, 5.74) is 2.70. The number of nitrogens with zero attached hydrogens (tertiary/aromatic N) is 5. The summed E-state index contributed by atoms with van der Waals surface area (Å²) in [6, 6.07) is 6.13. The monoisotopic (exact) mass is 361 g/mol. The Morgan fingerprint density at radius 3 is 2.88 bits per heavy atom. The second-order valence-corrected chi connectivity index (χ2v) is 7.10. The molecule has 1 aliphatic heterocycles. The summed E-state index contributed by atoms with van der Waals surface area (Å²) in [5.74, 6) is -0.0104. The van der Waals surface area contributed by atoms with Crippen LogP contribution >= 0.6 is 11.5 Å². The minimum absolute atomic E-state index is 0.0104. The second-order valence-electron chi connectivity index (χ2n) is 6.35. The van der Waals surface area contributed by atoms with Crippen LogP contribution in [0.4, 0.5) is 0 Å². The molecule has 0 saturated carbocycles. The molecule has 0 aliphatic carbocycles. The number of carbonyl (C=O) groups excluding carboxylic acids is 1. The Kier molecular flexibility index (Phi) is 5.72. The Morgan fingerprint density at radius 1 is 1.36 bits per heavy atom. The van der Waals surface area contributed by atoms with E-state index in [9.17, 15) is 9.90 Å². The lowest BCUT2D eigenvalue weighted by atomic mass is 10.1. The number of aryl methyl sites for hydroxylation is 2. The molecule has 0 radical (unpaired) electrons. The summed E-state index contributed by atoms with van der Waals surface area (Å²) in [4.78, 5) is 22.0. The maximum Gasteiger partial charge on any atom is 0.267 e. The van der Waals surface area contributed by atoms with Gasteiger partial charge in [0.25, 0.3) is 5.91 Å². The lowest BCUT2D eigenvalue weighted by Crippen LogP contribution is -2.54. The molecule has 1 amide bonds. The molecule has 1 fully saturated rings. The normalized spacial score (nSPS) is 18.5. The van der Waals surface area contributed by atoms with Gasteiger partial charge in [-0.25, -0.2) is 0 Å². The molecule has 2 aromatic heterocycles. The van der Waals surface area contributed by atoms with E-state index < -0.39 is 0 Å². The van der Waals surface area contributed by atoms with Crippen LogP contribution in [-0.2, 0) is 6.54 Å². The number of aromatic nitrogens is 3. The van der Waals surface area contributed by atoms with Crippen molar-refractivity contribution in [2.45, 2.75) is 32.9 Å². The molecule has 0 bridgehead atoms. The molecule has 7 nitrogen and oxygen atoms in total. The third-order valence-corrected chi connectivity index (χ3v) is 5.33. The van der Waals surface area contributed by atoms with Crippen LogP contribution in [-0.4, -0.2) is 67.7 Å². The maximum atomic E-state index is 12.7. The first-order valence-electron chi connectivity index (χ1n) is 8.44. The van der Waals surface area contributed by atoms with Crippen LogP contribution in [0.2, 0.25) is 0 Å². The first kappa shape index (κ1) is 17.9. The van der Waals surface area contributed by atoms with Crippen LogP contribution < -0.4 is 0 Å². The zero-order valence-corrected chi connectivity index (χ0v) is 15.4. The SMILES string of the molecule is Cc1cccc(CN2CCN(C(=O)c3snnc3C)CC2CCO)n1. The van der Waals surface area contributed by atoms with Gasteiger partial charge in [-0.3, -0.25) is 14.7 Å². The maximum absolute atomic E-state index is 12.7. The zero-order valence-electron chi connectivity index (χ0n) is 14.6. The Hall–Kier alpha value is -1.90. The van der Waals surface area contributed by atoms with Crippen molar-refractivity contribution in [3.8, 4) is 0 Å². The fourth-order valence-electron chi connectivity index (χ4n) is 3.18. The number of hydrogen-bond acceptors (Lipinski definition) is 7. The van der Waals surface area contributed by atoms with Gasteiger partial charge in [-0.15, -0.1) is 5.10 Å². The van der Waals surface area contributed by atoms with Gasteiger partial charge in [0.1, 0.15) is 4.88 Å². The summed E-state index contributed by atoms with van der Waals surface area (Å²) in [6.45, 7) is 6.64. The molecule has 1 aliphatic rings. The number of hydrogen-bond donors (Lipinski definition) is 1. The fraction of sp³-hybridized carbons (Fsp3) is 0.529. The molecular weight excluding hydrogens is 338 g/mol. The minimum atomic E-state index is -0.0104. The zero-order chi connectivity index (χ0) is 17.8. The van der Waals surface area contributed by atoms with Gasteiger partial charge >= 0.3 is 0 Å². The van der Waals surface area contributed by atoms with Crippen LogP contribution in [0, 0.1) is 13.8 Å². The predicted octanol–water partition coefficient (Wildman–Crippen LogP) is 1.26. The number of carbonyl (C=O) groups is 1. The standard InChI is InChI=1S/C17H23N5O2S/c1-12-4-3-5-14(18-12)10-21-7-8-22(11-15(21)6-9-23)17(24)16-13(2)19-20-25-16/h3-5,15,23H,6-11H2,1-2H3. The summed E-state index contributed by atoms with van der Waals surface area (Å²) in [5, 5.41) is 13.4. The van der Waals surface area contributed by atoms with Gasteiger partial charge in [-0.1, -0.05) is 10.6 Å². The van der Waals surface area contributed by atoms with E-state index in [1.54, 1.807) is 0 Å². The highest BCUT2D eigenvalue weighted by Gasteiger charge is 2.31. The number of piperazine rings is 1. The van der Waals surface area contributed by atoms with E-state index in [2.05, 4.69) is 19.5 Å². The number of amides is 1. The predicted molar refractivity (Wildman–Crippen MR) is 95.4 cm³/mol. The number of aliphatic hydroxyl groups is 1. The highest BCUT2D eigenvalue weighted by Crippen LogP contribution is 2.20. The van der Waals surface area contributed by atoms with Crippen LogP contribution in [0.5, 0.6) is 0 Å². The first-order chi connectivity index (χ1) is 12.1. The van der Waals surface area contributed by atoms with Gasteiger partial charge in [0.2, 0.25) is 0 Å². The van der Waals surface area contributed by atoms with Gasteiger partial charge in [0.15, 0.2) is 0 Å². The molecular formula is C17H23N5O2S. The molecule has 25 heavy (non-hydrogen) atoms. The Morgan fingerprint density at radius 2 is 2.20 bits per heavy atom. The van der Waals surface area contributed by atoms with Crippen molar-refractivity contribution in [2.24, 2.45) is 0 Å². The number of aliphatic hydroxyl groups excluding tert-OH is 1. The third-order valence-electron chi connectivity index (χ3n) is 4.51. The van der Waals surface area contributed by atoms with Crippen molar-refractivity contribution in [3.63, 3.8) is 0 Å². The summed E-state index contributed by atoms with van der Waals surface area (Å²) < 4.78 is 3.86. The summed E-state index contributed by atoms with van der Waals surface area (Å²) >= 11 is 1.15. The van der Waals surface area contributed by atoms with Crippen molar-refractivity contribution in [1.29, 1.82) is 0 Å². The van der Waals surface area contributed by atoms with Crippen LogP contribution in [0.15, 0.2) is 18.2 Å². The highest BCUT2D eigenvalue weighted by molar-refractivity contribution is 7.07. The molecule has 1 unspecified atom stereocenters. The molecule has 3 heterocycles. The Labute approximate surface area is 151 Å². The van der Waals surface area contributed by atoms with E-state index in [1.165, 1.54) is 0 Å². The van der Waals surface area contributed by atoms with Crippen LogP contribution in [0.1, 0.15) is 33.2 Å². The van der Waals surface area contributed by atoms with E-state index in [4.69, 9.17) is 0 Å². The second kappa shape index (κ2) is 7.99. The third kappa shape index (κ3) is 4.20. The van der Waals surface area contributed by atoms with Crippen molar-refractivity contribution in [3.05, 3.63) is 40.2 Å². The van der Waals surface area contributed by atoms with Crippen molar-refractivity contribution in [1.82, 2.24) is 24.4 Å². The quantitative estimate of drug-likeness (QED) is 0.863. The average molecular weight is 361 g/mol. The fourth-order valence-corrected chi connectivity index (χ4v) is 3.80.